The van der Waals surface area contributed by atoms with Gasteiger partial charge in [-0.15, -0.1) is 11.8 Å². The van der Waals surface area contributed by atoms with E-state index in [2.05, 4.69) is 53.8 Å². The summed E-state index contributed by atoms with van der Waals surface area (Å²) in [6, 6.07) is 18.9. The number of nitrogens with one attached hydrogen (secondary N) is 1. The predicted molar refractivity (Wildman–Crippen MR) is 84.7 cm³/mol. The molecule has 2 atom stereocenters. The van der Waals surface area contributed by atoms with Crippen molar-refractivity contribution in [1.29, 1.82) is 0 Å². The van der Waals surface area contributed by atoms with Crippen molar-refractivity contribution in [1.82, 2.24) is 5.32 Å². The number of benzene rings is 2. The van der Waals surface area contributed by atoms with E-state index in [1.807, 2.05) is 6.07 Å². The highest BCUT2D eigenvalue weighted by Gasteiger charge is 2.28. The van der Waals surface area contributed by atoms with Gasteiger partial charge in [0.25, 0.3) is 0 Å². The van der Waals surface area contributed by atoms with Crippen molar-refractivity contribution >= 4 is 17.5 Å². The van der Waals surface area contributed by atoms with E-state index in [-0.39, 0.29) is 17.2 Å². The number of hydrogen-bond acceptors (Lipinski definition) is 3. The van der Waals surface area contributed by atoms with Gasteiger partial charge in [-0.25, -0.2) is 0 Å². The minimum absolute atomic E-state index is 0.00111. The first-order valence-corrected chi connectivity index (χ1v) is 7.82. The van der Waals surface area contributed by atoms with Crippen LogP contribution in [0.1, 0.15) is 17.9 Å². The van der Waals surface area contributed by atoms with Crippen LogP contribution in [0, 0.1) is 0 Å². The van der Waals surface area contributed by atoms with Gasteiger partial charge in [0.2, 0.25) is 0 Å². The predicted octanol–water partition coefficient (Wildman–Crippen LogP) is 3.65. The first-order chi connectivity index (χ1) is 9.74. The molecule has 1 aliphatic rings. The van der Waals surface area contributed by atoms with Crippen LogP contribution in [-0.2, 0) is 4.79 Å². The zero-order valence-electron chi connectivity index (χ0n) is 11.4. The number of carbonyl (C=O) groups excluding carboxylic acids is 1. The second-order valence-corrected chi connectivity index (χ2v) is 6.17. The number of carbonyl (C=O) groups is 1. The number of Topliss-reactive ketones (excluding diaryl/α,β-unsaturated/α-hetero) is 1. The van der Waals surface area contributed by atoms with Crippen LogP contribution in [0.3, 0.4) is 0 Å². The van der Waals surface area contributed by atoms with E-state index in [4.69, 9.17) is 0 Å². The van der Waals surface area contributed by atoms with Crippen LogP contribution in [0.4, 0.5) is 0 Å². The molecule has 1 saturated heterocycles. The van der Waals surface area contributed by atoms with Gasteiger partial charge in [0.05, 0.1) is 11.4 Å². The third-order valence-corrected chi connectivity index (χ3v) is 4.86. The molecule has 0 aliphatic carbocycles. The van der Waals surface area contributed by atoms with E-state index in [0.29, 0.717) is 0 Å². The molecule has 1 aliphatic heterocycles. The fourth-order valence-corrected chi connectivity index (χ4v) is 3.71. The third kappa shape index (κ3) is 2.79. The maximum Gasteiger partial charge on any atom is 0.147 e. The summed E-state index contributed by atoms with van der Waals surface area (Å²) in [4.78, 5) is 11.4. The molecule has 102 valence electrons. The zero-order chi connectivity index (χ0) is 13.9. The van der Waals surface area contributed by atoms with E-state index in [0.717, 1.165) is 5.75 Å². The largest absolute Gasteiger partial charge is 0.298 e. The maximum atomic E-state index is 11.4. The van der Waals surface area contributed by atoms with Gasteiger partial charge in [-0.2, -0.15) is 0 Å². The highest BCUT2D eigenvalue weighted by molar-refractivity contribution is 7.99. The summed E-state index contributed by atoms with van der Waals surface area (Å²) >= 11 is 1.80. The molecule has 3 heteroatoms. The molecular formula is C17H17NOS. The minimum atomic E-state index is -0.00111. The second-order valence-electron chi connectivity index (χ2n) is 5.03. The van der Waals surface area contributed by atoms with Crippen molar-refractivity contribution in [2.24, 2.45) is 0 Å². The smallest absolute Gasteiger partial charge is 0.147 e. The summed E-state index contributed by atoms with van der Waals surface area (Å²) in [5, 5.41) is 3.61. The molecule has 1 fully saturated rings. The Morgan fingerprint density at radius 3 is 2.30 bits per heavy atom. The minimum Gasteiger partial charge on any atom is -0.298 e. The summed E-state index contributed by atoms with van der Waals surface area (Å²) in [5.41, 5.74) is 3.69. The number of ketones is 1. The number of hydrogen-bond donors (Lipinski definition) is 1. The molecule has 0 bridgehead atoms. The van der Waals surface area contributed by atoms with Crippen molar-refractivity contribution in [3.63, 3.8) is 0 Å². The second kappa shape index (κ2) is 5.81. The lowest BCUT2D eigenvalue weighted by Crippen LogP contribution is -2.32. The Morgan fingerprint density at radius 2 is 1.70 bits per heavy atom. The lowest BCUT2D eigenvalue weighted by atomic mass is 10.0. The van der Waals surface area contributed by atoms with Crippen LogP contribution >= 0.6 is 11.8 Å². The normalized spacial score (nSPS) is 21.9. The Morgan fingerprint density at radius 1 is 1.05 bits per heavy atom. The summed E-state index contributed by atoms with van der Waals surface area (Å²) < 4.78 is 0. The van der Waals surface area contributed by atoms with Gasteiger partial charge in [0.1, 0.15) is 5.78 Å². The SMILES string of the molecule is CC(=O)[C@@H]1CSC(c2ccc(-c3ccccc3)cc2)N1. The fourth-order valence-electron chi connectivity index (χ4n) is 2.38. The molecule has 1 heterocycles. The van der Waals surface area contributed by atoms with Gasteiger partial charge in [-0.1, -0.05) is 54.6 Å². The molecule has 20 heavy (non-hydrogen) atoms. The summed E-state index contributed by atoms with van der Waals surface area (Å²) in [6.07, 6.45) is 0. The van der Waals surface area contributed by atoms with E-state index in [9.17, 15) is 4.79 Å². The Hall–Kier alpha value is -1.58. The summed E-state index contributed by atoms with van der Waals surface area (Å²) in [6.45, 7) is 1.65. The van der Waals surface area contributed by atoms with Gasteiger partial charge in [-0.3, -0.25) is 10.1 Å². The van der Waals surface area contributed by atoms with Crippen molar-refractivity contribution in [2.45, 2.75) is 18.3 Å². The topological polar surface area (TPSA) is 29.1 Å². The molecule has 2 nitrogen and oxygen atoms in total. The van der Waals surface area contributed by atoms with Crippen LogP contribution in [-0.4, -0.2) is 17.6 Å². The molecular weight excluding hydrogens is 266 g/mol. The van der Waals surface area contributed by atoms with Gasteiger partial charge in [0.15, 0.2) is 0 Å². The van der Waals surface area contributed by atoms with Gasteiger partial charge in [0, 0.05) is 5.75 Å². The van der Waals surface area contributed by atoms with Crippen LogP contribution in [0.15, 0.2) is 54.6 Å². The maximum absolute atomic E-state index is 11.4. The van der Waals surface area contributed by atoms with Crippen molar-refractivity contribution < 1.29 is 4.79 Å². The Bertz CT molecular complexity index is 594. The van der Waals surface area contributed by atoms with E-state index >= 15 is 0 Å². The van der Waals surface area contributed by atoms with Crippen LogP contribution < -0.4 is 5.32 Å². The Kier molecular flexibility index (Phi) is 3.90. The standard InChI is InChI=1S/C17H17NOS/c1-12(19)16-11-20-17(18-16)15-9-7-14(8-10-15)13-5-3-2-4-6-13/h2-10,16-18H,11H2,1H3/t16-,17?/m0/s1. The highest BCUT2D eigenvalue weighted by Crippen LogP contribution is 2.33. The monoisotopic (exact) mass is 283 g/mol. The highest BCUT2D eigenvalue weighted by atomic mass is 32.2. The van der Waals surface area contributed by atoms with Crippen LogP contribution in [0.2, 0.25) is 0 Å². The molecule has 0 spiro atoms. The first-order valence-electron chi connectivity index (χ1n) is 6.77. The van der Waals surface area contributed by atoms with E-state index < -0.39 is 0 Å². The lowest BCUT2D eigenvalue weighted by Gasteiger charge is -2.12. The summed E-state index contributed by atoms with van der Waals surface area (Å²) in [5.74, 6) is 1.08. The van der Waals surface area contributed by atoms with E-state index in [1.165, 1.54) is 16.7 Å². The summed E-state index contributed by atoms with van der Waals surface area (Å²) in [7, 11) is 0. The third-order valence-electron chi connectivity index (χ3n) is 3.59. The molecule has 0 radical (unpaired) electrons. The van der Waals surface area contributed by atoms with Crippen LogP contribution in [0.25, 0.3) is 11.1 Å². The zero-order valence-corrected chi connectivity index (χ0v) is 12.2. The lowest BCUT2D eigenvalue weighted by molar-refractivity contribution is -0.118. The molecule has 0 amide bonds. The van der Waals surface area contributed by atoms with Crippen molar-refractivity contribution in [3.8, 4) is 11.1 Å². The van der Waals surface area contributed by atoms with E-state index in [1.54, 1.807) is 18.7 Å². The Balaban J connectivity index is 1.76. The fraction of sp³-hybridized carbons (Fsp3) is 0.235. The van der Waals surface area contributed by atoms with Gasteiger partial charge < -0.3 is 0 Å². The van der Waals surface area contributed by atoms with Gasteiger partial charge >= 0.3 is 0 Å². The molecule has 2 aromatic carbocycles. The molecule has 0 saturated carbocycles. The molecule has 1 N–H and O–H groups in total. The quantitative estimate of drug-likeness (QED) is 0.932. The van der Waals surface area contributed by atoms with Gasteiger partial charge in [-0.05, 0) is 23.6 Å². The molecule has 3 rings (SSSR count). The average molecular weight is 283 g/mol. The molecule has 1 unspecified atom stereocenters. The number of rotatable bonds is 3. The van der Waals surface area contributed by atoms with Crippen molar-refractivity contribution in [3.05, 3.63) is 60.2 Å². The molecule has 0 aromatic heterocycles. The first kappa shape index (κ1) is 13.4. The van der Waals surface area contributed by atoms with Crippen molar-refractivity contribution in [2.75, 3.05) is 5.75 Å². The molecule has 2 aromatic rings. The Labute approximate surface area is 123 Å². The average Bonchev–Trinajstić information content (AvgIpc) is 2.98. The number of thioether (sulfide) groups is 1. The van der Waals surface area contributed by atoms with Crippen LogP contribution in [0.5, 0.6) is 0 Å².